The minimum atomic E-state index is -3.39. The van der Waals surface area contributed by atoms with Crippen LogP contribution in [0.25, 0.3) is 0 Å². The maximum Gasteiger partial charge on any atom is 0.238 e. The second kappa shape index (κ2) is 8.34. The fourth-order valence-corrected chi connectivity index (χ4v) is 2.33. The normalized spacial score (nSPS) is 14.3. The Kier molecular flexibility index (Phi) is 7.06. The molecule has 0 aliphatic rings. The van der Waals surface area contributed by atoms with Crippen LogP contribution in [0.15, 0.2) is 24.3 Å². The molecule has 23 heavy (non-hydrogen) atoms. The maximum absolute atomic E-state index is 11.9. The van der Waals surface area contributed by atoms with Crippen molar-refractivity contribution in [1.29, 1.82) is 0 Å². The van der Waals surface area contributed by atoms with Crippen LogP contribution in [0.4, 0.5) is 0 Å². The van der Waals surface area contributed by atoms with Crippen LogP contribution in [0.1, 0.15) is 45.7 Å². The fourth-order valence-electron chi connectivity index (χ4n) is 1.87. The van der Waals surface area contributed by atoms with Crippen LogP contribution in [-0.2, 0) is 14.6 Å². The van der Waals surface area contributed by atoms with Crippen molar-refractivity contribution in [1.82, 2.24) is 5.32 Å². The summed E-state index contributed by atoms with van der Waals surface area (Å²) in [4.78, 5) is 11.9. The van der Waals surface area contributed by atoms with Crippen LogP contribution < -0.4 is 10.1 Å². The maximum atomic E-state index is 11.9. The number of carbonyl (C=O) groups is 1. The van der Waals surface area contributed by atoms with Gasteiger partial charge in [0.15, 0.2) is 9.84 Å². The number of nitrogens with one attached hydrogen (secondary N) is 1. The first-order chi connectivity index (χ1) is 10.6. The van der Waals surface area contributed by atoms with E-state index in [1.807, 2.05) is 31.2 Å². The number of rotatable bonds is 8. The largest absolute Gasteiger partial charge is 0.494 e. The van der Waals surface area contributed by atoms with E-state index in [-0.39, 0.29) is 6.04 Å². The number of hydrogen-bond donors (Lipinski definition) is 1. The lowest BCUT2D eigenvalue weighted by atomic mass is 10.1. The van der Waals surface area contributed by atoms with Gasteiger partial charge in [0.25, 0.3) is 0 Å². The predicted octanol–water partition coefficient (Wildman–Crippen LogP) is 2.72. The van der Waals surface area contributed by atoms with Crippen molar-refractivity contribution < 1.29 is 17.9 Å². The van der Waals surface area contributed by atoms with E-state index < -0.39 is 21.0 Å². The van der Waals surface area contributed by atoms with E-state index in [0.29, 0.717) is 12.5 Å². The molecule has 0 aliphatic carbocycles. The van der Waals surface area contributed by atoms with Crippen LogP contribution in [-0.4, -0.2) is 32.4 Å². The quantitative estimate of drug-likeness (QED) is 0.789. The van der Waals surface area contributed by atoms with Gasteiger partial charge in [0.1, 0.15) is 11.0 Å². The highest BCUT2D eigenvalue weighted by molar-refractivity contribution is 7.92. The highest BCUT2D eigenvalue weighted by Crippen LogP contribution is 2.18. The highest BCUT2D eigenvalue weighted by atomic mass is 32.2. The molecule has 0 saturated carbocycles. The zero-order valence-electron chi connectivity index (χ0n) is 14.5. The number of ether oxygens (including phenoxy) is 1. The second-order valence-electron chi connectivity index (χ2n) is 6.30. The number of amides is 1. The Morgan fingerprint density at radius 1 is 1.13 bits per heavy atom. The summed E-state index contributed by atoms with van der Waals surface area (Å²) < 4.78 is 28.5. The molecule has 6 heteroatoms. The van der Waals surface area contributed by atoms with Gasteiger partial charge in [0, 0.05) is 6.26 Å². The Morgan fingerprint density at radius 3 is 2.17 bits per heavy atom. The van der Waals surface area contributed by atoms with Gasteiger partial charge in [-0.3, -0.25) is 4.79 Å². The van der Waals surface area contributed by atoms with E-state index in [2.05, 4.69) is 19.2 Å². The van der Waals surface area contributed by atoms with Crippen molar-refractivity contribution in [3.05, 3.63) is 29.8 Å². The van der Waals surface area contributed by atoms with E-state index >= 15 is 0 Å². The minimum absolute atomic E-state index is 0.267. The van der Waals surface area contributed by atoms with Gasteiger partial charge >= 0.3 is 0 Å². The average Bonchev–Trinajstić information content (AvgIpc) is 2.45. The minimum Gasteiger partial charge on any atom is -0.494 e. The average molecular weight is 341 g/mol. The van der Waals surface area contributed by atoms with Gasteiger partial charge in [0.05, 0.1) is 12.6 Å². The molecular formula is C17H27NO4S. The summed E-state index contributed by atoms with van der Waals surface area (Å²) in [6.07, 6.45) is 2.06. The molecule has 130 valence electrons. The molecular weight excluding hydrogens is 314 g/mol. The van der Waals surface area contributed by atoms with Crippen LogP contribution in [0, 0.1) is 5.92 Å². The topological polar surface area (TPSA) is 72.5 Å². The molecule has 0 aliphatic heterocycles. The van der Waals surface area contributed by atoms with Crippen molar-refractivity contribution in [2.45, 2.75) is 45.4 Å². The van der Waals surface area contributed by atoms with E-state index in [0.717, 1.165) is 24.0 Å². The summed E-state index contributed by atoms with van der Waals surface area (Å²) in [6, 6.07) is 7.20. The van der Waals surface area contributed by atoms with Gasteiger partial charge in [-0.25, -0.2) is 8.42 Å². The fraction of sp³-hybridized carbons (Fsp3) is 0.588. The SMILES string of the molecule is CC(C)CCOc1ccc([C@@H](C)NC(=O)[C@@H](C)S(C)(=O)=O)cc1. The molecule has 0 fully saturated rings. The second-order valence-corrected chi connectivity index (χ2v) is 8.67. The zero-order chi connectivity index (χ0) is 17.6. The van der Waals surface area contributed by atoms with Crippen molar-refractivity contribution in [2.75, 3.05) is 12.9 Å². The molecule has 5 nitrogen and oxygen atoms in total. The van der Waals surface area contributed by atoms with E-state index in [1.54, 1.807) is 0 Å². The van der Waals surface area contributed by atoms with Gasteiger partial charge in [-0.2, -0.15) is 0 Å². The number of hydrogen-bond acceptors (Lipinski definition) is 4. The third-order valence-electron chi connectivity index (χ3n) is 3.71. The number of sulfone groups is 1. The Balaban J connectivity index is 2.60. The number of benzene rings is 1. The summed E-state index contributed by atoms with van der Waals surface area (Å²) in [6.45, 7) is 8.18. The summed E-state index contributed by atoms with van der Waals surface area (Å²) in [5, 5.41) is 1.67. The highest BCUT2D eigenvalue weighted by Gasteiger charge is 2.24. The molecule has 0 spiro atoms. The van der Waals surface area contributed by atoms with E-state index in [4.69, 9.17) is 4.74 Å². The smallest absolute Gasteiger partial charge is 0.238 e. The predicted molar refractivity (Wildman–Crippen MR) is 92.3 cm³/mol. The zero-order valence-corrected chi connectivity index (χ0v) is 15.3. The summed E-state index contributed by atoms with van der Waals surface area (Å²) in [5.74, 6) is 0.899. The molecule has 1 rings (SSSR count). The van der Waals surface area contributed by atoms with Crippen LogP contribution >= 0.6 is 0 Å². The third-order valence-corrected chi connectivity index (χ3v) is 5.21. The van der Waals surface area contributed by atoms with Crippen molar-refractivity contribution in [3.63, 3.8) is 0 Å². The van der Waals surface area contributed by atoms with Gasteiger partial charge in [-0.05, 0) is 43.9 Å². The Labute approximate surface area is 139 Å². The van der Waals surface area contributed by atoms with E-state index in [9.17, 15) is 13.2 Å². The molecule has 1 N–H and O–H groups in total. The van der Waals surface area contributed by atoms with Crippen LogP contribution in [0.3, 0.4) is 0 Å². The van der Waals surface area contributed by atoms with Gasteiger partial charge in [0.2, 0.25) is 5.91 Å². The lowest BCUT2D eigenvalue weighted by Crippen LogP contribution is -2.38. The molecule has 0 saturated heterocycles. The molecule has 0 heterocycles. The van der Waals surface area contributed by atoms with Gasteiger partial charge in [-0.15, -0.1) is 0 Å². The van der Waals surface area contributed by atoms with Crippen molar-refractivity contribution in [2.24, 2.45) is 5.92 Å². The first-order valence-electron chi connectivity index (χ1n) is 7.83. The van der Waals surface area contributed by atoms with Crippen molar-refractivity contribution in [3.8, 4) is 5.75 Å². The molecule has 0 aromatic heterocycles. The number of carbonyl (C=O) groups excluding carboxylic acids is 1. The summed E-state index contributed by atoms with van der Waals surface area (Å²) >= 11 is 0. The Hall–Kier alpha value is -1.56. The summed E-state index contributed by atoms with van der Waals surface area (Å²) in [7, 11) is -3.39. The molecule has 2 atom stereocenters. The van der Waals surface area contributed by atoms with Crippen molar-refractivity contribution >= 4 is 15.7 Å². The molecule has 1 aromatic carbocycles. The monoisotopic (exact) mass is 341 g/mol. The lowest BCUT2D eigenvalue weighted by Gasteiger charge is -2.17. The lowest BCUT2D eigenvalue weighted by molar-refractivity contribution is -0.121. The first kappa shape index (κ1) is 19.5. The molecule has 1 aromatic rings. The standard InChI is InChI=1S/C17H27NO4S/c1-12(2)10-11-22-16-8-6-15(7-9-16)13(3)18-17(19)14(4)23(5,20)21/h6-9,12-14H,10-11H2,1-5H3,(H,18,19)/t13-,14-/m1/s1. The van der Waals surface area contributed by atoms with E-state index in [1.165, 1.54) is 6.92 Å². The summed E-state index contributed by atoms with van der Waals surface area (Å²) in [5.41, 5.74) is 0.898. The first-order valence-corrected chi connectivity index (χ1v) is 9.78. The Morgan fingerprint density at radius 2 is 1.70 bits per heavy atom. The van der Waals surface area contributed by atoms with Gasteiger partial charge < -0.3 is 10.1 Å². The molecule has 0 bridgehead atoms. The third kappa shape index (κ3) is 6.60. The molecule has 1 amide bonds. The van der Waals surface area contributed by atoms with Gasteiger partial charge in [-0.1, -0.05) is 26.0 Å². The molecule has 0 unspecified atom stereocenters. The van der Waals surface area contributed by atoms with Crippen LogP contribution in [0.2, 0.25) is 0 Å². The van der Waals surface area contributed by atoms with Crippen LogP contribution in [0.5, 0.6) is 5.75 Å². The molecule has 0 radical (unpaired) electrons. The Bertz CT molecular complexity index is 608.